The number of amides is 2. The lowest BCUT2D eigenvalue weighted by Gasteiger charge is -2.24. The van der Waals surface area contributed by atoms with Crippen LogP contribution in [0.25, 0.3) is 0 Å². The Morgan fingerprint density at radius 3 is 2.78 bits per heavy atom. The quantitative estimate of drug-likeness (QED) is 0.621. The van der Waals surface area contributed by atoms with E-state index in [-0.39, 0.29) is 30.7 Å². The first-order valence-electron chi connectivity index (χ1n) is 6.76. The molecule has 0 aliphatic carbocycles. The van der Waals surface area contributed by atoms with Crippen molar-refractivity contribution in [1.82, 2.24) is 10.2 Å². The van der Waals surface area contributed by atoms with Crippen LogP contribution in [0.3, 0.4) is 0 Å². The van der Waals surface area contributed by atoms with Crippen LogP contribution in [0.4, 0.5) is 4.79 Å². The Balaban J connectivity index is 2.21. The van der Waals surface area contributed by atoms with Crippen molar-refractivity contribution in [2.45, 2.75) is 45.6 Å². The van der Waals surface area contributed by atoms with E-state index in [0.717, 1.165) is 32.2 Å². The van der Waals surface area contributed by atoms with Gasteiger partial charge in [0.25, 0.3) is 0 Å². The molecule has 3 N–H and O–H groups in total. The fourth-order valence-electron chi connectivity index (χ4n) is 2.24. The van der Waals surface area contributed by atoms with Crippen molar-refractivity contribution in [3.63, 3.8) is 0 Å². The third-order valence-corrected chi connectivity index (χ3v) is 3.58. The van der Waals surface area contributed by atoms with Gasteiger partial charge < -0.3 is 20.4 Å². The van der Waals surface area contributed by atoms with Gasteiger partial charge in [-0.3, -0.25) is 0 Å². The summed E-state index contributed by atoms with van der Waals surface area (Å²) < 4.78 is 0. The van der Waals surface area contributed by atoms with Crippen LogP contribution >= 0.6 is 0 Å². The number of carbonyl (C=O) groups is 1. The Kier molecular flexibility index (Phi) is 5.88. The molecule has 0 saturated carbocycles. The number of nitrogens with one attached hydrogen (secondary N) is 1. The van der Waals surface area contributed by atoms with Crippen molar-refractivity contribution in [3.05, 3.63) is 0 Å². The van der Waals surface area contributed by atoms with Gasteiger partial charge in [0.05, 0.1) is 12.6 Å². The third-order valence-electron chi connectivity index (χ3n) is 3.58. The number of aliphatic hydroxyl groups is 2. The van der Waals surface area contributed by atoms with Gasteiger partial charge in [-0.25, -0.2) is 4.79 Å². The number of aliphatic hydroxyl groups excluding tert-OH is 2. The Bertz CT molecular complexity index is 269. The van der Waals surface area contributed by atoms with Crippen molar-refractivity contribution in [2.75, 3.05) is 26.3 Å². The van der Waals surface area contributed by atoms with E-state index >= 15 is 0 Å². The first kappa shape index (κ1) is 15.2. The number of likely N-dealkylation sites (tertiary alicyclic amines) is 1. The fourth-order valence-corrected chi connectivity index (χ4v) is 2.24. The van der Waals surface area contributed by atoms with Gasteiger partial charge in [-0.2, -0.15) is 0 Å². The van der Waals surface area contributed by atoms with E-state index < -0.39 is 0 Å². The maximum absolute atomic E-state index is 11.9. The number of urea groups is 1. The van der Waals surface area contributed by atoms with Crippen LogP contribution < -0.4 is 5.32 Å². The summed E-state index contributed by atoms with van der Waals surface area (Å²) in [6.45, 7) is 5.59. The molecular formula is C13H26N2O3. The number of hydrogen-bond donors (Lipinski definition) is 3. The van der Waals surface area contributed by atoms with Crippen molar-refractivity contribution in [3.8, 4) is 0 Å². The highest BCUT2D eigenvalue weighted by Crippen LogP contribution is 2.20. The first-order chi connectivity index (χ1) is 8.50. The SMILES string of the molecule is CC(C)(CO)CCCNC(=O)N1CCCC1CO. The van der Waals surface area contributed by atoms with Crippen molar-refractivity contribution in [1.29, 1.82) is 0 Å². The van der Waals surface area contributed by atoms with Crippen molar-refractivity contribution < 1.29 is 15.0 Å². The zero-order chi connectivity index (χ0) is 13.6. The molecule has 0 spiro atoms. The molecule has 0 bridgehead atoms. The highest BCUT2D eigenvalue weighted by atomic mass is 16.3. The standard InChI is InChI=1S/C13H26N2O3/c1-13(2,10-17)6-4-7-14-12(18)15-8-3-5-11(15)9-16/h11,16-17H,3-10H2,1-2H3,(H,14,18). The minimum Gasteiger partial charge on any atom is -0.396 e. The summed E-state index contributed by atoms with van der Waals surface area (Å²) in [5, 5.41) is 21.1. The van der Waals surface area contributed by atoms with Crippen LogP contribution in [0.5, 0.6) is 0 Å². The van der Waals surface area contributed by atoms with Gasteiger partial charge in [0.1, 0.15) is 0 Å². The minimum absolute atomic E-state index is 0.0149. The number of hydrogen-bond acceptors (Lipinski definition) is 3. The van der Waals surface area contributed by atoms with E-state index in [1.165, 1.54) is 0 Å². The lowest BCUT2D eigenvalue weighted by molar-refractivity contribution is 0.145. The smallest absolute Gasteiger partial charge is 0.317 e. The summed E-state index contributed by atoms with van der Waals surface area (Å²) in [5.41, 5.74) is -0.0774. The molecular weight excluding hydrogens is 232 g/mol. The van der Waals surface area contributed by atoms with Gasteiger partial charge in [0.2, 0.25) is 0 Å². The molecule has 1 aliphatic rings. The Labute approximate surface area is 109 Å². The predicted molar refractivity (Wildman–Crippen MR) is 70.3 cm³/mol. The average Bonchev–Trinajstić information content (AvgIpc) is 2.82. The molecule has 1 heterocycles. The summed E-state index contributed by atoms with van der Waals surface area (Å²) in [6.07, 6.45) is 3.60. The Morgan fingerprint density at radius 1 is 1.44 bits per heavy atom. The zero-order valence-electron chi connectivity index (χ0n) is 11.5. The summed E-state index contributed by atoms with van der Waals surface area (Å²) in [4.78, 5) is 13.6. The molecule has 0 aromatic rings. The molecule has 0 aromatic heterocycles. The van der Waals surface area contributed by atoms with E-state index in [2.05, 4.69) is 5.32 Å². The molecule has 106 valence electrons. The van der Waals surface area contributed by atoms with Gasteiger partial charge in [0, 0.05) is 19.7 Å². The molecule has 1 atom stereocenters. The summed E-state index contributed by atoms with van der Waals surface area (Å²) in [5.74, 6) is 0. The minimum atomic E-state index is -0.0774. The highest BCUT2D eigenvalue weighted by molar-refractivity contribution is 5.74. The topological polar surface area (TPSA) is 72.8 Å². The molecule has 18 heavy (non-hydrogen) atoms. The average molecular weight is 258 g/mol. The van der Waals surface area contributed by atoms with Crippen molar-refractivity contribution in [2.24, 2.45) is 5.41 Å². The Hall–Kier alpha value is -0.810. The van der Waals surface area contributed by atoms with Crippen molar-refractivity contribution >= 4 is 6.03 Å². The summed E-state index contributed by atoms with van der Waals surface area (Å²) >= 11 is 0. The van der Waals surface area contributed by atoms with Crippen LogP contribution in [0.2, 0.25) is 0 Å². The number of rotatable bonds is 6. The second kappa shape index (κ2) is 6.95. The largest absolute Gasteiger partial charge is 0.396 e. The van der Waals surface area contributed by atoms with Crippen LogP contribution in [0.15, 0.2) is 0 Å². The maximum Gasteiger partial charge on any atom is 0.317 e. The van der Waals surface area contributed by atoms with Gasteiger partial charge in [0.15, 0.2) is 0 Å². The molecule has 0 aromatic carbocycles. The van der Waals surface area contributed by atoms with Crippen LogP contribution in [0, 0.1) is 5.41 Å². The van der Waals surface area contributed by atoms with E-state index in [9.17, 15) is 4.79 Å². The van der Waals surface area contributed by atoms with Gasteiger partial charge in [-0.05, 0) is 31.1 Å². The third kappa shape index (κ3) is 4.46. The Morgan fingerprint density at radius 2 is 2.17 bits per heavy atom. The second-order valence-corrected chi connectivity index (χ2v) is 5.83. The molecule has 0 radical (unpaired) electrons. The lowest BCUT2D eigenvalue weighted by atomic mass is 9.89. The van der Waals surface area contributed by atoms with Crippen LogP contribution in [0.1, 0.15) is 39.5 Å². The highest BCUT2D eigenvalue weighted by Gasteiger charge is 2.27. The molecule has 2 amide bonds. The number of carbonyl (C=O) groups excluding carboxylic acids is 1. The molecule has 1 fully saturated rings. The van der Waals surface area contributed by atoms with Gasteiger partial charge in [-0.1, -0.05) is 13.8 Å². The monoisotopic (exact) mass is 258 g/mol. The molecule has 1 saturated heterocycles. The predicted octanol–water partition coefficient (Wildman–Crippen LogP) is 0.951. The van der Waals surface area contributed by atoms with E-state index in [1.807, 2.05) is 13.8 Å². The summed E-state index contributed by atoms with van der Waals surface area (Å²) in [6, 6.07) is -0.0905. The summed E-state index contributed by atoms with van der Waals surface area (Å²) in [7, 11) is 0. The maximum atomic E-state index is 11.9. The zero-order valence-corrected chi connectivity index (χ0v) is 11.5. The number of nitrogens with zero attached hydrogens (tertiary/aromatic N) is 1. The normalized spacial score (nSPS) is 20.2. The fraction of sp³-hybridized carbons (Fsp3) is 0.923. The molecule has 5 heteroatoms. The molecule has 1 rings (SSSR count). The van der Waals surface area contributed by atoms with Gasteiger partial charge >= 0.3 is 6.03 Å². The molecule has 1 unspecified atom stereocenters. The van der Waals surface area contributed by atoms with E-state index in [4.69, 9.17) is 10.2 Å². The van der Waals surface area contributed by atoms with Gasteiger partial charge in [-0.15, -0.1) is 0 Å². The van der Waals surface area contributed by atoms with E-state index in [1.54, 1.807) is 4.90 Å². The van der Waals surface area contributed by atoms with E-state index in [0.29, 0.717) is 6.54 Å². The second-order valence-electron chi connectivity index (χ2n) is 5.83. The first-order valence-corrected chi connectivity index (χ1v) is 6.76. The molecule has 5 nitrogen and oxygen atoms in total. The lowest BCUT2D eigenvalue weighted by Crippen LogP contribution is -2.44. The van der Waals surface area contributed by atoms with Crippen LogP contribution in [-0.4, -0.2) is 53.5 Å². The molecule has 1 aliphatic heterocycles. The van der Waals surface area contributed by atoms with Crippen LogP contribution in [-0.2, 0) is 0 Å².